The van der Waals surface area contributed by atoms with Gasteiger partial charge in [-0.15, -0.1) is 10.2 Å². The van der Waals surface area contributed by atoms with Gasteiger partial charge in [0, 0.05) is 18.7 Å². The Morgan fingerprint density at radius 3 is 2.67 bits per heavy atom. The van der Waals surface area contributed by atoms with E-state index in [1.165, 1.54) is 6.07 Å². The van der Waals surface area contributed by atoms with E-state index in [1.54, 1.807) is 19.1 Å². The Labute approximate surface area is 106 Å². The van der Waals surface area contributed by atoms with Crippen LogP contribution in [0.3, 0.4) is 0 Å². The normalized spacial score (nSPS) is 10.7. The van der Waals surface area contributed by atoms with Crippen molar-refractivity contribution in [1.29, 1.82) is 0 Å². The van der Waals surface area contributed by atoms with E-state index in [-0.39, 0.29) is 5.82 Å². The van der Waals surface area contributed by atoms with Gasteiger partial charge in [0.2, 0.25) is 5.95 Å². The summed E-state index contributed by atoms with van der Waals surface area (Å²) < 4.78 is 15.2. The average molecular weight is 248 g/mol. The molecule has 2 rings (SSSR count). The molecule has 0 radical (unpaired) electrons. The van der Waals surface area contributed by atoms with Gasteiger partial charge in [0.25, 0.3) is 0 Å². The largest absolute Gasteiger partial charge is 0.355 e. The molecule has 0 aliphatic carbocycles. The first-order valence-corrected chi connectivity index (χ1v) is 6.11. The lowest BCUT2D eigenvalue weighted by atomic mass is 10.1. The van der Waals surface area contributed by atoms with Crippen molar-refractivity contribution in [3.8, 4) is 11.4 Å². The van der Waals surface area contributed by atoms with E-state index in [0.29, 0.717) is 5.56 Å². The highest BCUT2D eigenvalue weighted by Crippen LogP contribution is 2.22. The Morgan fingerprint density at radius 2 is 2.06 bits per heavy atom. The lowest BCUT2D eigenvalue weighted by Crippen LogP contribution is -2.07. The second kappa shape index (κ2) is 5.16. The molecule has 1 aromatic carbocycles. The van der Waals surface area contributed by atoms with E-state index in [4.69, 9.17) is 0 Å². The molecule has 0 unspecified atom stereocenters. The topological polar surface area (TPSA) is 42.7 Å². The van der Waals surface area contributed by atoms with Gasteiger partial charge in [-0.2, -0.15) is 0 Å². The van der Waals surface area contributed by atoms with Crippen molar-refractivity contribution in [2.75, 3.05) is 11.9 Å². The van der Waals surface area contributed by atoms with E-state index >= 15 is 0 Å². The van der Waals surface area contributed by atoms with Crippen molar-refractivity contribution < 1.29 is 4.39 Å². The molecule has 1 heterocycles. The molecule has 4 nitrogen and oxygen atoms in total. The lowest BCUT2D eigenvalue weighted by Gasteiger charge is -2.08. The molecule has 96 valence electrons. The summed E-state index contributed by atoms with van der Waals surface area (Å²) in [6, 6.07) is 4.99. The molecular weight excluding hydrogens is 231 g/mol. The Balaban J connectivity index is 2.46. The van der Waals surface area contributed by atoms with E-state index < -0.39 is 0 Å². The fourth-order valence-electron chi connectivity index (χ4n) is 1.89. The first kappa shape index (κ1) is 12.5. The third-order valence-corrected chi connectivity index (χ3v) is 2.82. The highest BCUT2D eigenvalue weighted by atomic mass is 19.1. The third kappa shape index (κ3) is 2.20. The number of nitrogens with one attached hydrogen (secondary N) is 1. The van der Waals surface area contributed by atoms with Crippen LogP contribution in [0.15, 0.2) is 18.2 Å². The molecule has 0 saturated carbocycles. The van der Waals surface area contributed by atoms with Crippen LogP contribution >= 0.6 is 0 Å². The number of benzene rings is 1. The van der Waals surface area contributed by atoms with Gasteiger partial charge in [-0.25, -0.2) is 4.39 Å². The number of hydrogen-bond acceptors (Lipinski definition) is 3. The summed E-state index contributed by atoms with van der Waals surface area (Å²) in [5.74, 6) is 1.31. The average Bonchev–Trinajstić information content (AvgIpc) is 2.76. The molecule has 1 N–H and O–H groups in total. The molecule has 5 heteroatoms. The Bertz CT molecular complexity index is 548. The number of rotatable bonds is 4. The molecule has 2 aromatic rings. The van der Waals surface area contributed by atoms with Gasteiger partial charge in [0.1, 0.15) is 5.82 Å². The zero-order valence-electron chi connectivity index (χ0n) is 10.9. The summed E-state index contributed by atoms with van der Waals surface area (Å²) in [5, 5.41) is 11.4. The van der Waals surface area contributed by atoms with Crippen molar-refractivity contribution in [3.63, 3.8) is 0 Å². The van der Waals surface area contributed by atoms with Crippen LogP contribution in [0.2, 0.25) is 0 Å². The van der Waals surface area contributed by atoms with E-state index in [9.17, 15) is 4.39 Å². The first-order chi connectivity index (χ1) is 8.67. The van der Waals surface area contributed by atoms with Crippen molar-refractivity contribution in [2.45, 2.75) is 27.3 Å². The summed E-state index contributed by atoms with van der Waals surface area (Å²) in [7, 11) is 0. The maximum atomic E-state index is 13.3. The van der Waals surface area contributed by atoms with E-state index in [1.807, 2.05) is 18.4 Å². The van der Waals surface area contributed by atoms with Gasteiger partial charge in [0.15, 0.2) is 5.82 Å². The molecule has 0 atom stereocenters. The predicted molar refractivity (Wildman–Crippen MR) is 70.0 cm³/mol. The predicted octanol–water partition coefficient (Wildman–Crippen LogP) is 2.84. The second-order valence-corrected chi connectivity index (χ2v) is 4.09. The van der Waals surface area contributed by atoms with Crippen LogP contribution in [0.25, 0.3) is 11.4 Å². The molecule has 0 aliphatic heterocycles. The van der Waals surface area contributed by atoms with Gasteiger partial charge in [-0.1, -0.05) is 0 Å². The minimum atomic E-state index is -0.201. The zero-order valence-corrected chi connectivity index (χ0v) is 10.9. The van der Waals surface area contributed by atoms with Crippen molar-refractivity contribution >= 4 is 5.95 Å². The van der Waals surface area contributed by atoms with Gasteiger partial charge in [-0.3, -0.25) is 4.57 Å². The van der Waals surface area contributed by atoms with E-state index in [2.05, 4.69) is 15.5 Å². The van der Waals surface area contributed by atoms with Crippen LogP contribution in [0.5, 0.6) is 0 Å². The lowest BCUT2D eigenvalue weighted by molar-refractivity contribution is 0.618. The molecule has 0 saturated heterocycles. The number of halogens is 1. The maximum absolute atomic E-state index is 13.3. The van der Waals surface area contributed by atoms with Crippen LogP contribution in [0, 0.1) is 12.7 Å². The Kier molecular flexibility index (Phi) is 3.60. The number of hydrogen-bond donors (Lipinski definition) is 1. The van der Waals surface area contributed by atoms with Crippen LogP contribution in [-0.4, -0.2) is 21.3 Å². The summed E-state index contributed by atoms with van der Waals surface area (Å²) in [6.45, 7) is 7.35. The fourth-order valence-corrected chi connectivity index (χ4v) is 1.89. The van der Waals surface area contributed by atoms with Crippen LogP contribution in [0.4, 0.5) is 10.3 Å². The monoisotopic (exact) mass is 248 g/mol. The minimum Gasteiger partial charge on any atom is -0.355 e. The van der Waals surface area contributed by atoms with Gasteiger partial charge in [-0.05, 0) is 44.5 Å². The molecule has 0 bridgehead atoms. The van der Waals surface area contributed by atoms with Gasteiger partial charge in [0.05, 0.1) is 0 Å². The maximum Gasteiger partial charge on any atom is 0.224 e. The summed E-state index contributed by atoms with van der Waals surface area (Å²) in [6.07, 6.45) is 0. The molecule has 0 fully saturated rings. The molecule has 0 spiro atoms. The molecule has 0 aliphatic rings. The quantitative estimate of drug-likeness (QED) is 0.904. The number of aryl methyl sites for hydroxylation is 1. The van der Waals surface area contributed by atoms with Crippen LogP contribution in [0.1, 0.15) is 19.4 Å². The van der Waals surface area contributed by atoms with Gasteiger partial charge < -0.3 is 5.32 Å². The standard InChI is InChI=1S/C13H17FN4/c1-4-15-13-17-16-12(18(13)5-2)10-6-7-11(14)9(3)8-10/h6-8H,4-5H2,1-3H3,(H,15,17). The fraction of sp³-hybridized carbons (Fsp3) is 0.385. The Morgan fingerprint density at radius 1 is 1.28 bits per heavy atom. The Hall–Kier alpha value is -1.91. The minimum absolute atomic E-state index is 0.201. The highest BCUT2D eigenvalue weighted by Gasteiger charge is 2.12. The first-order valence-electron chi connectivity index (χ1n) is 6.11. The SMILES string of the molecule is CCNc1nnc(-c2ccc(F)c(C)c2)n1CC. The number of nitrogens with zero attached hydrogens (tertiary/aromatic N) is 3. The molecular formula is C13H17FN4. The van der Waals surface area contributed by atoms with Crippen molar-refractivity contribution in [2.24, 2.45) is 0 Å². The smallest absolute Gasteiger partial charge is 0.224 e. The summed E-state index contributed by atoms with van der Waals surface area (Å²) >= 11 is 0. The van der Waals surface area contributed by atoms with Crippen molar-refractivity contribution in [1.82, 2.24) is 14.8 Å². The molecule has 18 heavy (non-hydrogen) atoms. The molecule has 1 aromatic heterocycles. The van der Waals surface area contributed by atoms with Crippen molar-refractivity contribution in [3.05, 3.63) is 29.6 Å². The number of aromatic nitrogens is 3. The van der Waals surface area contributed by atoms with E-state index in [0.717, 1.165) is 30.4 Å². The molecule has 0 amide bonds. The summed E-state index contributed by atoms with van der Waals surface area (Å²) in [4.78, 5) is 0. The van der Waals surface area contributed by atoms with Crippen LogP contribution in [-0.2, 0) is 6.54 Å². The highest BCUT2D eigenvalue weighted by molar-refractivity contribution is 5.58. The van der Waals surface area contributed by atoms with Gasteiger partial charge >= 0.3 is 0 Å². The second-order valence-electron chi connectivity index (χ2n) is 4.09. The zero-order chi connectivity index (χ0) is 13.1. The van der Waals surface area contributed by atoms with Crippen LogP contribution < -0.4 is 5.32 Å². The third-order valence-electron chi connectivity index (χ3n) is 2.82. The number of anilines is 1. The summed E-state index contributed by atoms with van der Waals surface area (Å²) in [5.41, 5.74) is 1.50.